The van der Waals surface area contributed by atoms with Crippen LogP contribution in [0.2, 0.25) is 0 Å². The van der Waals surface area contributed by atoms with Crippen molar-refractivity contribution < 1.29 is 24.4 Å². The number of carbonyl (C=O) groups is 1. The van der Waals surface area contributed by atoms with Gasteiger partial charge in [-0.25, -0.2) is 4.79 Å². The zero-order chi connectivity index (χ0) is 18.7. The van der Waals surface area contributed by atoms with E-state index in [-0.39, 0.29) is 23.5 Å². The van der Waals surface area contributed by atoms with E-state index in [1.54, 1.807) is 31.2 Å². The fourth-order valence-corrected chi connectivity index (χ4v) is 2.47. The van der Waals surface area contributed by atoms with E-state index in [1.165, 1.54) is 12.1 Å². The van der Waals surface area contributed by atoms with Crippen LogP contribution in [-0.2, 0) is 9.63 Å². The zero-order valence-corrected chi connectivity index (χ0v) is 13.7. The summed E-state index contributed by atoms with van der Waals surface area (Å²) in [5, 5.41) is 26.9. The molecule has 2 aromatic rings. The average Bonchev–Trinajstić information content (AvgIpc) is 2.99. The quantitative estimate of drug-likeness (QED) is 0.353. The molecule has 0 radical (unpaired) electrons. The smallest absolute Gasteiger partial charge is 0.368 e. The molecule has 1 heterocycles. The van der Waals surface area contributed by atoms with Gasteiger partial charge in [0, 0.05) is 17.4 Å². The Labute approximate surface area is 148 Å². The highest BCUT2D eigenvalue weighted by Crippen LogP contribution is 2.36. The van der Waals surface area contributed by atoms with Crippen molar-refractivity contribution in [2.45, 2.75) is 6.92 Å². The Balaban J connectivity index is 2.09. The molecule has 132 valence electrons. The van der Waals surface area contributed by atoms with Gasteiger partial charge in [0.25, 0.3) is 5.69 Å². The predicted octanol–water partition coefficient (Wildman–Crippen LogP) is 2.41. The normalized spacial score (nSPS) is 14.9. The lowest BCUT2D eigenvalue weighted by Gasteiger charge is -2.14. The van der Waals surface area contributed by atoms with Crippen molar-refractivity contribution in [3.8, 4) is 11.5 Å². The Morgan fingerprint density at radius 3 is 2.65 bits per heavy atom. The van der Waals surface area contributed by atoms with Crippen molar-refractivity contribution in [1.29, 1.82) is 0 Å². The monoisotopic (exact) mass is 353 g/mol. The number of hydrogen-bond donors (Lipinski definition) is 0. The van der Waals surface area contributed by atoms with E-state index in [2.05, 4.69) is 5.16 Å². The minimum atomic E-state index is -0.815. The van der Waals surface area contributed by atoms with Gasteiger partial charge in [-0.05, 0) is 24.6 Å². The van der Waals surface area contributed by atoms with Crippen molar-refractivity contribution in [2.24, 2.45) is 5.16 Å². The van der Waals surface area contributed by atoms with Gasteiger partial charge in [-0.1, -0.05) is 35.5 Å². The van der Waals surface area contributed by atoms with Gasteiger partial charge in [-0.2, -0.15) is 0 Å². The molecule has 2 aromatic carbocycles. The highest BCUT2D eigenvalue weighted by molar-refractivity contribution is 6.31. The molecular weight excluding hydrogens is 340 g/mol. The number of ether oxygens (including phenoxy) is 1. The Morgan fingerprint density at radius 2 is 2.00 bits per heavy atom. The number of rotatable bonds is 5. The van der Waals surface area contributed by atoms with E-state index >= 15 is 0 Å². The molecule has 26 heavy (non-hydrogen) atoms. The molecule has 0 spiro atoms. The van der Waals surface area contributed by atoms with Crippen molar-refractivity contribution in [1.82, 2.24) is 0 Å². The fourth-order valence-electron chi connectivity index (χ4n) is 2.47. The average molecular weight is 353 g/mol. The van der Waals surface area contributed by atoms with Crippen LogP contribution in [0, 0.1) is 10.1 Å². The number of nitro benzene ring substituents is 1. The molecule has 0 aliphatic carbocycles. The van der Waals surface area contributed by atoms with E-state index in [1.807, 2.05) is 6.07 Å². The van der Waals surface area contributed by atoms with Gasteiger partial charge in [0.15, 0.2) is 0 Å². The second-order valence-corrected chi connectivity index (χ2v) is 5.30. The molecule has 0 saturated heterocycles. The molecule has 0 N–H and O–H groups in total. The largest absolute Gasteiger partial charge is 0.865 e. The number of oxime groups is 1. The SMILES string of the molecule is CCOc1cc(/C=C2\C(=O)ON=C2c2ccccc2)cc([N+](=O)[O-])c1[O-]. The summed E-state index contributed by atoms with van der Waals surface area (Å²) in [5.74, 6) is -1.65. The van der Waals surface area contributed by atoms with Crippen LogP contribution in [0.5, 0.6) is 11.5 Å². The summed E-state index contributed by atoms with van der Waals surface area (Å²) in [6, 6.07) is 11.3. The lowest BCUT2D eigenvalue weighted by molar-refractivity contribution is -0.398. The molecular formula is C18H13N2O6-. The summed E-state index contributed by atoms with van der Waals surface area (Å²) >= 11 is 0. The van der Waals surface area contributed by atoms with E-state index in [0.717, 1.165) is 6.07 Å². The first-order valence-corrected chi connectivity index (χ1v) is 7.70. The fraction of sp³-hybridized carbons (Fsp3) is 0.111. The summed E-state index contributed by atoms with van der Waals surface area (Å²) in [5.41, 5.74) is 0.725. The van der Waals surface area contributed by atoms with E-state index in [0.29, 0.717) is 11.3 Å². The third-order valence-corrected chi connectivity index (χ3v) is 3.61. The number of carbonyl (C=O) groups excluding carboxylic acids is 1. The molecule has 8 nitrogen and oxygen atoms in total. The molecule has 0 aromatic heterocycles. The zero-order valence-electron chi connectivity index (χ0n) is 13.7. The molecule has 3 rings (SSSR count). The molecule has 0 amide bonds. The van der Waals surface area contributed by atoms with Crippen LogP contribution in [-0.4, -0.2) is 23.2 Å². The number of nitro groups is 1. The highest BCUT2D eigenvalue weighted by atomic mass is 16.7. The Hall–Kier alpha value is -3.68. The summed E-state index contributed by atoms with van der Waals surface area (Å²) < 4.78 is 5.18. The standard InChI is InChI=1S/C18H14N2O6/c1-2-25-15-10-11(9-14(17(15)21)20(23)24)8-13-16(19-26-18(13)22)12-6-4-3-5-7-12/h3-10,21H,2H2,1H3/p-1/b13-8-. The third-order valence-electron chi connectivity index (χ3n) is 3.61. The molecule has 1 aliphatic rings. The van der Waals surface area contributed by atoms with Crippen LogP contribution >= 0.6 is 0 Å². The molecule has 0 bridgehead atoms. The van der Waals surface area contributed by atoms with Gasteiger partial charge in [-0.15, -0.1) is 0 Å². The lowest BCUT2D eigenvalue weighted by Crippen LogP contribution is -2.07. The number of nitrogens with zero attached hydrogens (tertiary/aromatic N) is 2. The molecule has 0 atom stereocenters. The first-order valence-electron chi connectivity index (χ1n) is 7.70. The lowest BCUT2D eigenvalue weighted by atomic mass is 10.0. The minimum Gasteiger partial charge on any atom is -0.865 e. The van der Waals surface area contributed by atoms with Gasteiger partial charge >= 0.3 is 5.97 Å². The summed E-state index contributed by atoms with van der Waals surface area (Å²) in [6.45, 7) is 1.83. The summed E-state index contributed by atoms with van der Waals surface area (Å²) in [6.07, 6.45) is 1.39. The summed E-state index contributed by atoms with van der Waals surface area (Å²) in [7, 11) is 0. The van der Waals surface area contributed by atoms with Gasteiger partial charge < -0.3 is 14.7 Å². The van der Waals surface area contributed by atoms with E-state index < -0.39 is 22.3 Å². The molecule has 0 fully saturated rings. The first kappa shape index (κ1) is 17.2. The van der Waals surface area contributed by atoms with Gasteiger partial charge in [0.2, 0.25) is 0 Å². The maximum atomic E-state index is 12.0. The molecule has 0 saturated carbocycles. The maximum Gasteiger partial charge on any atom is 0.368 e. The number of hydrogen-bond acceptors (Lipinski definition) is 7. The van der Waals surface area contributed by atoms with Crippen molar-refractivity contribution in [2.75, 3.05) is 6.61 Å². The Bertz CT molecular complexity index is 934. The maximum absolute atomic E-state index is 12.0. The second-order valence-electron chi connectivity index (χ2n) is 5.30. The Kier molecular flexibility index (Phi) is 4.66. The number of benzene rings is 2. The van der Waals surface area contributed by atoms with E-state index in [9.17, 15) is 20.0 Å². The van der Waals surface area contributed by atoms with Crippen LogP contribution < -0.4 is 9.84 Å². The van der Waals surface area contributed by atoms with Crippen LogP contribution in [0.15, 0.2) is 53.2 Å². The van der Waals surface area contributed by atoms with Crippen molar-refractivity contribution in [3.05, 3.63) is 69.3 Å². The highest BCUT2D eigenvalue weighted by Gasteiger charge is 2.27. The van der Waals surface area contributed by atoms with Gasteiger partial charge in [-0.3, -0.25) is 10.1 Å². The molecule has 8 heteroatoms. The Morgan fingerprint density at radius 1 is 1.27 bits per heavy atom. The van der Waals surface area contributed by atoms with Crippen LogP contribution in [0.4, 0.5) is 5.69 Å². The molecule has 0 unspecified atom stereocenters. The topological polar surface area (TPSA) is 114 Å². The van der Waals surface area contributed by atoms with Crippen LogP contribution in [0.1, 0.15) is 18.1 Å². The summed E-state index contributed by atoms with van der Waals surface area (Å²) in [4.78, 5) is 27.1. The van der Waals surface area contributed by atoms with Crippen molar-refractivity contribution in [3.63, 3.8) is 0 Å². The first-order chi connectivity index (χ1) is 12.5. The van der Waals surface area contributed by atoms with Crippen LogP contribution in [0.25, 0.3) is 6.08 Å². The third kappa shape index (κ3) is 3.25. The van der Waals surface area contributed by atoms with Crippen molar-refractivity contribution >= 4 is 23.4 Å². The predicted molar refractivity (Wildman–Crippen MR) is 90.8 cm³/mol. The minimum absolute atomic E-state index is 0.131. The second kappa shape index (κ2) is 7.06. The van der Waals surface area contributed by atoms with Gasteiger partial charge in [0.05, 0.1) is 17.1 Å². The molecule has 1 aliphatic heterocycles. The van der Waals surface area contributed by atoms with E-state index in [4.69, 9.17) is 9.57 Å². The van der Waals surface area contributed by atoms with Crippen LogP contribution in [0.3, 0.4) is 0 Å². The van der Waals surface area contributed by atoms with Gasteiger partial charge in [0.1, 0.15) is 11.5 Å².